The Morgan fingerprint density at radius 3 is 1.95 bits per heavy atom. The van der Waals surface area contributed by atoms with Crippen molar-refractivity contribution in [2.75, 3.05) is 0 Å². The largest absolute Gasteiger partial charge is 0.0809 e. The van der Waals surface area contributed by atoms with Gasteiger partial charge in [0, 0.05) is 5.92 Å². The summed E-state index contributed by atoms with van der Waals surface area (Å²) in [5.41, 5.74) is 2.69. The van der Waals surface area contributed by atoms with Crippen LogP contribution in [-0.2, 0) is 6.42 Å². The third-order valence-electron chi connectivity index (χ3n) is 4.45. The standard InChI is InChI=1S/C22H33/c1-4-7-8-9-10-11-12-13-15-20-16-18-22(19-17-20)21(6-3)14-5-2/h16-19,21H,4-5,7-15H2,1-2H3. The van der Waals surface area contributed by atoms with Crippen LogP contribution in [0, 0.1) is 12.3 Å². The molecule has 1 aromatic carbocycles. The van der Waals surface area contributed by atoms with Crippen LogP contribution in [0.3, 0.4) is 0 Å². The second-order valence-corrected chi connectivity index (χ2v) is 6.45. The average molecular weight is 298 g/mol. The summed E-state index contributed by atoms with van der Waals surface area (Å²) >= 11 is 0. The first kappa shape index (κ1) is 18.8. The molecule has 121 valence electrons. The van der Waals surface area contributed by atoms with Gasteiger partial charge in [-0.15, -0.1) is 0 Å². The third-order valence-corrected chi connectivity index (χ3v) is 4.45. The van der Waals surface area contributed by atoms with Gasteiger partial charge in [-0.25, -0.2) is 0 Å². The summed E-state index contributed by atoms with van der Waals surface area (Å²) in [6.45, 7) is 4.44. The summed E-state index contributed by atoms with van der Waals surface area (Å²) in [6.07, 6.45) is 21.8. The van der Waals surface area contributed by atoms with Crippen molar-refractivity contribution in [1.82, 2.24) is 0 Å². The lowest BCUT2D eigenvalue weighted by Crippen LogP contribution is -1.95. The van der Waals surface area contributed by atoms with Crippen molar-refractivity contribution in [3.05, 3.63) is 41.8 Å². The van der Waals surface area contributed by atoms with E-state index in [1.807, 2.05) is 0 Å². The summed E-state index contributed by atoms with van der Waals surface area (Å²) in [4.78, 5) is 0. The van der Waals surface area contributed by atoms with Crippen molar-refractivity contribution in [2.24, 2.45) is 0 Å². The van der Waals surface area contributed by atoms with Gasteiger partial charge >= 0.3 is 0 Å². The first-order chi connectivity index (χ1) is 10.8. The molecule has 0 aliphatic rings. The zero-order chi connectivity index (χ0) is 16.0. The van der Waals surface area contributed by atoms with Crippen molar-refractivity contribution < 1.29 is 0 Å². The molecule has 0 aromatic heterocycles. The highest BCUT2D eigenvalue weighted by Crippen LogP contribution is 2.21. The van der Waals surface area contributed by atoms with Crippen molar-refractivity contribution >= 4 is 0 Å². The van der Waals surface area contributed by atoms with Gasteiger partial charge in [0.1, 0.15) is 0 Å². The van der Waals surface area contributed by atoms with Crippen LogP contribution in [0.1, 0.15) is 95.1 Å². The van der Waals surface area contributed by atoms with Gasteiger partial charge in [0.2, 0.25) is 0 Å². The Morgan fingerprint density at radius 1 is 0.818 bits per heavy atom. The van der Waals surface area contributed by atoms with Gasteiger partial charge in [-0.2, -0.15) is 0 Å². The predicted octanol–water partition coefficient (Wildman–Crippen LogP) is 6.84. The van der Waals surface area contributed by atoms with Crippen LogP contribution in [-0.4, -0.2) is 0 Å². The highest BCUT2D eigenvalue weighted by molar-refractivity contribution is 5.29. The molecule has 1 aromatic rings. The lowest BCUT2D eigenvalue weighted by atomic mass is 9.94. The van der Waals surface area contributed by atoms with Gasteiger partial charge in [0.15, 0.2) is 0 Å². The fourth-order valence-electron chi connectivity index (χ4n) is 2.99. The number of hydrogen-bond acceptors (Lipinski definition) is 0. The Morgan fingerprint density at radius 2 is 1.41 bits per heavy atom. The number of unbranched alkanes of at least 4 members (excludes halogenated alkanes) is 7. The number of rotatable bonds is 12. The highest BCUT2D eigenvalue weighted by Gasteiger charge is 2.06. The molecule has 22 heavy (non-hydrogen) atoms. The minimum Gasteiger partial charge on any atom is -0.0809 e. The molecule has 0 aliphatic heterocycles. The Labute approximate surface area is 138 Å². The van der Waals surface area contributed by atoms with E-state index in [1.54, 1.807) is 0 Å². The maximum atomic E-state index is 7.42. The number of hydrogen-bond donors (Lipinski definition) is 0. The van der Waals surface area contributed by atoms with Gasteiger partial charge in [-0.05, 0) is 36.8 Å². The molecule has 0 aliphatic carbocycles. The molecule has 0 saturated carbocycles. The third kappa shape index (κ3) is 7.69. The van der Waals surface area contributed by atoms with Crippen LogP contribution in [0.4, 0.5) is 0 Å². The molecule has 0 saturated heterocycles. The quantitative estimate of drug-likeness (QED) is 0.292. The molecule has 0 amide bonds. The van der Waals surface area contributed by atoms with E-state index in [2.05, 4.69) is 44.0 Å². The Kier molecular flexibility index (Phi) is 10.6. The lowest BCUT2D eigenvalue weighted by Gasteiger charge is -2.10. The van der Waals surface area contributed by atoms with Crippen LogP contribution in [0.15, 0.2) is 24.3 Å². The zero-order valence-corrected chi connectivity index (χ0v) is 14.7. The lowest BCUT2D eigenvalue weighted by molar-refractivity contribution is 0.575. The molecule has 0 heterocycles. The Hall–Kier alpha value is -1.22. The second-order valence-electron chi connectivity index (χ2n) is 6.45. The monoisotopic (exact) mass is 297 g/mol. The van der Waals surface area contributed by atoms with E-state index < -0.39 is 0 Å². The topological polar surface area (TPSA) is 0 Å². The molecule has 1 unspecified atom stereocenters. The van der Waals surface area contributed by atoms with Crippen LogP contribution in [0.5, 0.6) is 0 Å². The van der Waals surface area contributed by atoms with Crippen molar-refractivity contribution in [3.8, 4) is 5.92 Å². The minimum atomic E-state index is 0.183. The summed E-state index contributed by atoms with van der Waals surface area (Å²) < 4.78 is 0. The zero-order valence-electron chi connectivity index (χ0n) is 14.7. The van der Waals surface area contributed by atoms with E-state index in [1.165, 1.54) is 68.9 Å². The predicted molar refractivity (Wildman–Crippen MR) is 97.5 cm³/mol. The van der Waals surface area contributed by atoms with E-state index in [0.717, 1.165) is 12.8 Å². The maximum absolute atomic E-state index is 7.42. The smallest absolute Gasteiger partial charge is 0.0462 e. The SMILES string of the molecule is [C]#CC(CCC)c1ccc(CCCCCCCCCC)cc1. The maximum Gasteiger partial charge on any atom is 0.0462 e. The van der Waals surface area contributed by atoms with E-state index in [0.29, 0.717) is 0 Å². The fraction of sp³-hybridized carbons (Fsp3) is 0.636. The normalized spacial score (nSPS) is 12.0. The fourth-order valence-corrected chi connectivity index (χ4v) is 2.99. The van der Waals surface area contributed by atoms with Gasteiger partial charge in [-0.3, -0.25) is 0 Å². The van der Waals surface area contributed by atoms with E-state index >= 15 is 0 Å². The van der Waals surface area contributed by atoms with Crippen molar-refractivity contribution in [1.29, 1.82) is 0 Å². The van der Waals surface area contributed by atoms with Crippen LogP contribution < -0.4 is 0 Å². The summed E-state index contributed by atoms with van der Waals surface area (Å²) in [7, 11) is 0. The molecule has 0 heteroatoms. The number of benzene rings is 1. The van der Waals surface area contributed by atoms with E-state index in [4.69, 9.17) is 6.42 Å². The summed E-state index contributed by atoms with van der Waals surface area (Å²) in [5.74, 6) is 2.85. The molecule has 0 spiro atoms. The van der Waals surface area contributed by atoms with Gasteiger partial charge in [0.05, 0.1) is 0 Å². The molecule has 0 bridgehead atoms. The minimum absolute atomic E-state index is 0.183. The van der Waals surface area contributed by atoms with Crippen LogP contribution in [0.25, 0.3) is 0 Å². The molecule has 1 radical (unpaired) electrons. The first-order valence-corrected chi connectivity index (χ1v) is 9.32. The molecule has 1 rings (SSSR count). The second kappa shape index (κ2) is 12.3. The Bertz CT molecular complexity index is 407. The highest BCUT2D eigenvalue weighted by atomic mass is 14.1. The number of aryl methyl sites for hydroxylation is 1. The van der Waals surface area contributed by atoms with Crippen molar-refractivity contribution in [2.45, 2.75) is 90.4 Å². The van der Waals surface area contributed by atoms with Gasteiger partial charge in [0.25, 0.3) is 0 Å². The molecule has 0 nitrogen and oxygen atoms in total. The molecular weight excluding hydrogens is 264 g/mol. The molecule has 0 N–H and O–H groups in total. The summed E-state index contributed by atoms with van der Waals surface area (Å²) in [6, 6.07) is 8.89. The molecule has 0 fully saturated rings. The first-order valence-electron chi connectivity index (χ1n) is 9.32. The molecular formula is C22H33. The van der Waals surface area contributed by atoms with Crippen LogP contribution >= 0.6 is 0 Å². The summed E-state index contributed by atoms with van der Waals surface area (Å²) in [5, 5.41) is 0. The Balaban J connectivity index is 2.20. The van der Waals surface area contributed by atoms with E-state index in [9.17, 15) is 0 Å². The van der Waals surface area contributed by atoms with E-state index in [-0.39, 0.29) is 5.92 Å². The average Bonchev–Trinajstić information content (AvgIpc) is 2.56. The molecule has 1 atom stereocenters. The van der Waals surface area contributed by atoms with Gasteiger partial charge in [-0.1, -0.05) is 95.4 Å². The van der Waals surface area contributed by atoms with Gasteiger partial charge < -0.3 is 0 Å². The van der Waals surface area contributed by atoms with Crippen LogP contribution in [0.2, 0.25) is 0 Å². The van der Waals surface area contributed by atoms with Crippen molar-refractivity contribution in [3.63, 3.8) is 0 Å².